The fourth-order valence-electron chi connectivity index (χ4n) is 2.12. The highest BCUT2D eigenvalue weighted by molar-refractivity contribution is 6.05. The molecule has 0 aliphatic heterocycles. The molecule has 0 unspecified atom stereocenters. The monoisotopic (exact) mass is 314 g/mol. The lowest BCUT2D eigenvalue weighted by atomic mass is 10.1. The Morgan fingerprint density at radius 2 is 1.91 bits per heavy atom. The van der Waals surface area contributed by atoms with E-state index in [1.807, 2.05) is 19.9 Å². The van der Waals surface area contributed by atoms with E-state index in [1.165, 1.54) is 18.2 Å². The first-order valence-corrected chi connectivity index (χ1v) is 7.20. The van der Waals surface area contributed by atoms with Crippen LogP contribution in [0.1, 0.15) is 29.8 Å². The minimum absolute atomic E-state index is 0.00917. The van der Waals surface area contributed by atoms with Crippen molar-refractivity contribution in [2.24, 2.45) is 0 Å². The number of aryl methyl sites for hydroxylation is 1. The van der Waals surface area contributed by atoms with Crippen LogP contribution in [0.5, 0.6) is 5.75 Å². The van der Waals surface area contributed by atoms with Crippen molar-refractivity contribution < 1.29 is 14.5 Å². The first-order chi connectivity index (χ1) is 10.9. The molecule has 2 aromatic rings. The maximum absolute atomic E-state index is 12.3. The van der Waals surface area contributed by atoms with Crippen molar-refractivity contribution in [3.8, 4) is 5.75 Å². The van der Waals surface area contributed by atoms with Gasteiger partial charge in [0.25, 0.3) is 11.6 Å². The number of nitro groups is 1. The highest BCUT2D eigenvalue weighted by atomic mass is 16.6. The molecule has 0 saturated heterocycles. The van der Waals surface area contributed by atoms with E-state index in [-0.39, 0.29) is 17.7 Å². The lowest BCUT2D eigenvalue weighted by molar-refractivity contribution is -0.385. The predicted octanol–water partition coefficient (Wildman–Crippen LogP) is 3.94. The van der Waals surface area contributed by atoms with E-state index in [2.05, 4.69) is 5.32 Å². The van der Waals surface area contributed by atoms with Crippen LogP contribution in [-0.4, -0.2) is 16.9 Å². The molecule has 2 rings (SSSR count). The summed E-state index contributed by atoms with van der Waals surface area (Å²) in [5, 5.41) is 13.6. The number of nitro benzene ring substituents is 1. The Labute approximate surface area is 134 Å². The molecule has 0 radical (unpaired) electrons. The van der Waals surface area contributed by atoms with Gasteiger partial charge in [0.15, 0.2) is 0 Å². The number of rotatable bonds is 5. The zero-order valence-electron chi connectivity index (χ0n) is 13.2. The summed E-state index contributed by atoms with van der Waals surface area (Å²) in [5.74, 6) is 0.234. The van der Waals surface area contributed by atoms with Gasteiger partial charge in [0.1, 0.15) is 5.75 Å². The van der Waals surface area contributed by atoms with Gasteiger partial charge in [-0.1, -0.05) is 12.1 Å². The molecule has 1 N–H and O–H groups in total. The summed E-state index contributed by atoms with van der Waals surface area (Å²) in [7, 11) is 0. The van der Waals surface area contributed by atoms with E-state index < -0.39 is 4.92 Å². The van der Waals surface area contributed by atoms with E-state index >= 15 is 0 Å². The van der Waals surface area contributed by atoms with Crippen LogP contribution in [0.4, 0.5) is 11.4 Å². The maximum Gasteiger partial charge on any atom is 0.272 e. The van der Waals surface area contributed by atoms with Gasteiger partial charge in [0.2, 0.25) is 0 Å². The number of nitrogens with zero attached hydrogens (tertiary/aromatic N) is 1. The molecule has 0 heterocycles. The molecule has 23 heavy (non-hydrogen) atoms. The van der Waals surface area contributed by atoms with Crippen LogP contribution in [0, 0.1) is 17.0 Å². The van der Waals surface area contributed by atoms with Gasteiger partial charge in [-0.2, -0.15) is 0 Å². The molecule has 6 nitrogen and oxygen atoms in total. The Bertz CT molecular complexity index is 741. The molecule has 0 bridgehead atoms. The number of carbonyl (C=O) groups excluding carboxylic acids is 1. The first kappa shape index (κ1) is 16.5. The number of nitrogens with one attached hydrogen (secondary N) is 1. The van der Waals surface area contributed by atoms with Crippen LogP contribution in [0.25, 0.3) is 0 Å². The molecule has 0 atom stereocenters. The quantitative estimate of drug-likeness (QED) is 0.669. The normalized spacial score (nSPS) is 10.4. The lowest BCUT2D eigenvalue weighted by Crippen LogP contribution is -2.14. The Morgan fingerprint density at radius 1 is 1.22 bits per heavy atom. The number of para-hydroxylation sites is 2. The third kappa shape index (κ3) is 4.06. The van der Waals surface area contributed by atoms with Crippen LogP contribution in [0.15, 0.2) is 42.5 Å². The van der Waals surface area contributed by atoms with Gasteiger partial charge in [-0.25, -0.2) is 0 Å². The van der Waals surface area contributed by atoms with Crippen LogP contribution in [0.2, 0.25) is 0 Å². The van der Waals surface area contributed by atoms with Gasteiger partial charge in [-0.15, -0.1) is 0 Å². The van der Waals surface area contributed by atoms with Gasteiger partial charge >= 0.3 is 0 Å². The summed E-state index contributed by atoms with van der Waals surface area (Å²) in [6, 6.07) is 11.4. The SMILES string of the molecule is Cc1cc(C(=O)Nc2ccccc2OC(C)C)ccc1[N+](=O)[O-]. The zero-order chi connectivity index (χ0) is 17.0. The molecule has 120 valence electrons. The number of carbonyl (C=O) groups is 1. The van der Waals surface area contributed by atoms with Crippen molar-refractivity contribution >= 4 is 17.3 Å². The predicted molar refractivity (Wildman–Crippen MR) is 88.0 cm³/mol. The Morgan fingerprint density at radius 3 is 2.52 bits per heavy atom. The zero-order valence-corrected chi connectivity index (χ0v) is 13.2. The van der Waals surface area contributed by atoms with Gasteiger partial charge in [0, 0.05) is 17.2 Å². The Kier molecular flexibility index (Phi) is 4.95. The Hall–Kier alpha value is -2.89. The topological polar surface area (TPSA) is 81.5 Å². The average Bonchev–Trinajstić information content (AvgIpc) is 2.48. The summed E-state index contributed by atoms with van der Waals surface area (Å²) < 4.78 is 5.65. The number of amides is 1. The second-order valence-corrected chi connectivity index (χ2v) is 5.38. The summed E-state index contributed by atoms with van der Waals surface area (Å²) >= 11 is 0. The minimum Gasteiger partial charge on any atom is -0.489 e. The maximum atomic E-state index is 12.3. The molecule has 6 heteroatoms. The van der Waals surface area contributed by atoms with E-state index in [0.717, 1.165) is 0 Å². The molecule has 2 aromatic carbocycles. The van der Waals surface area contributed by atoms with Crippen molar-refractivity contribution in [3.63, 3.8) is 0 Å². The number of benzene rings is 2. The summed E-state index contributed by atoms with van der Waals surface area (Å²) in [6.45, 7) is 5.40. The fourth-order valence-corrected chi connectivity index (χ4v) is 2.12. The smallest absolute Gasteiger partial charge is 0.272 e. The standard InChI is InChI=1S/C17H18N2O4/c1-11(2)23-16-7-5-4-6-14(16)18-17(20)13-8-9-15(19(21)22)12(3)10-13/h4-11H,1-3H3,(H,18,20). The third-order valence-corrected chi connectivity index (χ3v) is 3.15. The summed E-state index contributed by atoms with van der Waals surface area (Å²) in [5.41, 5.74) is 1.34. The number of hydrogen-bond donors (Lipinski definition) is 1. The summed E-state index contributed by atoms with van der Waals surface area (Å²) in [4.78, 5) is 22.7. The fraction of sp³-hybridized carbons (Fsp3) is 0.235. The van der Waals surface area contributed by atoms with Crippen LogP contribution < -0.4 is 10.1 Å². The molecule has 1 amide bonds. The molecular weight excluding hydrogens is 296 g/mol. The van der Waals surface area contributed by atoms with E-state index in [1.54, 1.807) is 25.1 Å². The summed E-state index contributed by atoms with van der Waals surface area (Å²) in [6.07, 6.45) is -0.0188. The van der Waals surface area contributed by atoms with E-state index in [0.29, 0.717) is 22.6 Å². The second-order valence-electron chi connectivity index (χ2n) is 5.38. The van der Waals surface area contributed by atoms with Gasteiger partial charge in [-0.05, 0) is 45.0 Å². The number of hydrogen-bond acceptors (Lipinski definition) is 4. The average molecular weight is 314 g/mol. The van der Waals surface area contributed by atoms with Crippen LogP contribution in [-0.2, 0) is 0 Å². The van der Waals surface area contributed by atoms with Crippen molar-refractivity contribution in [2.45, 2.75) is 26.9 Å². The van der Waals surface area contributed by atoms with Crippen molar-refractivity contribution in [1.29, 1.82) is 0 Å². The number of ether oxygens (including phenoxy) is 1. The molecule has 0 saturated carbocycles. The van der Waals surface area contributed by atoms with E-state index in [9.17, 15) is 14.9 Å². The molecular formula is C17H18N2O4. The van der Waals surface area contributed by atoms with Gasteiger partial charge in [-0.3, -0.25) is 14.9 Å². The lowest BCUT2D eigenvalue weighted by Gasteiger charge is -2.14. The molecule has 0 aliphatic rings. The van der Waals surface area contributed by atoms with Crippen molar-refractivity contribution in [2.75, 3.05) is 5.32 Å². The minimum atomic E-state index is -0.469. The van der Waals surface area contributed by atoms with Crippen LogP contribution >= 0.6 is 0 Å². The number of anilines is 1. The van der Waals surface area contributed by atoms with Crippen molar-refractivity contribution in [3.05, 3.63) is 63.7 Å². The highest BCUT2D eigenvalue weighted by Crippen LogP contribution is 2.26. The van der Waals surface area contributed by atoms with E-state index in [4.69, 9.17) is 4.74 Å². The molecule has 0 spiro atoms. The Balaban J connectivity index is 2.23. The molecule has 0 aliphatic carbocycles. The molecule has 0 aromatic heterocycles. The largest absolute Gasteiger partial charge is 0.489 e. The second kappa shape index (κ2) is 6.91. The first-order valence-electron chi connectivity index (χ1n) is 7.20. The molecule has 0 fully saturated rings. The van der Waals surface area contributed by atoms with Gasteiger partial charge in [0.05, 0.1) is 16.7 Å². The van der Waals surface area contributed by atoms with Crippen LogP contribution in [0.3, 0.4) is 0 Å². The van der Waals surface area contributed by atoms with Crippen molar-refractivity contribution in [1.82, 2.24) is 0 Å². The van der Waals surface area contributed by atoms with Gasteiger partial charge < -0.3 is 10.1 Å². The highest BCUT2D eigenvalue weighted by Gasteiger charge is 2.15. The third-order valence-electron chi connectivity index (χ3n) is 3.15.